The maximum Gasteiger partial charge on any atom is 0.411 e. The molecule has 0 atom stereocenters. The van der Waals surface area contributed by atoms with Crippen molar-refractivity contribution in [3.63, 3.8) is 0 Å². The number of amides is 1. The molecule has 5 N–H and O–H groups in total. The van der Waals surface area contributed by atoms with Crippen molar-refractivity contribution in [2.24, 2.45) is 0 Å². The van der Waals surface area contributed by atoms with Gasteiger partial charge < -0.3 is 20.9 Å². The molecule has 194 valence electrons. The van der Waals surface area contributed by atoms with Crippen molar-refractivity contribution in [2.45, 2.75) is 78.2 Å². The zero-order valence-corrected chi connectivity index (χ0v) is 20.8. The number of aromatic nitrogens is 1. The third-order valence-corrected chi connectivity index (χ3v) is 5.07. The summed E-state index contributed by atoms with van der Waals surface area (Å²) in [5, 5.41) is 14.0. The van der Waals surface area contributed by atoms with E-state index in [1.54, 1.807) is 31.2 Å². The Hall–Kier alpha value is -3.36. The quantitative estimate of drug-likeness (QED) is 0.220. The van der Waals surface area contributed by atoms with E-state index in [0.717, 1.165) is 18.4 Å². The Bertz CT molecular complexity index is 878. The van der Waals surface area contributed by atoms with E-state index in [9.17, 15) is 14.0 Å². The molecule has 1 aromatic heterocycles. The number of hydrogen-bond acceptors (Lipinski definition) is 6. The third-order valence-electron chi connectivity index (χ3n) is 5.07. The molecule has 0 aliphatic rings. The van der Waals surface area contributed by atoms with Gasteiger partial charge >= 0.3 is 12.1 Å². The van der Waals surface area contributed by atoms with Crippen LogP contribution in [0.15, 0.2) is 36.4 Å². The Morgan fingerprint density at radius 2 is 1.60 bits per heavy atom. The number of unbranched alkanes of at least 4 members (excludes halogenated alkanes) is 7. The van der Waals surface area contributed by atoms with Crippen molar-refractivity contribution >= 4 is 29.4 Å². The molecule has 0 bridgehead atoms. The van der Waals surface area contributed by atoms with Gasteiger partial charge in [-0.25, -0.2) is 14.2 Å². The first-order valence-electron chi connectivity index (χ1n) is 12.3. The van der Waals surface area contributed by atoms with Gasteiger partial charge in [0.2, 0.25) is 0 Å². The standard InChI is InChI=1S/C15H17FN4O2.C11H22O2/c1-2-22-15(21)19-12-7-8-13(20-14(12)17)18-9-10-3-5-11(16)6-4-10;1-2-3-4-5-6-7-8-9-10-11(12)13/h3-8H,2,9H2,1H3,(H,19,21)(H3,17,18,20);2-10H2,1H3,(H,12,13). The Morgan fingerprint density at radius 3 is 2.17 bits per heavy atom. The number of benzene rings is 1. The van der Waals surface area contributed by atoms with Gasteiger partial charge in [-0.1, -0.05) is 64.0 Å². The number of carbonyl (C=O) groups excluding carboxylic acids is 1. The lowest BCUT2D eigenvalue weighted by molar-refractivity contribution is -0.137. The largest absolute Gasteiger partial charge is 0.481 e. The first-order valence-corrected chi connectivity index (χ1v) is 12.3. The number of halogens is 1. The molecule has 35 heavy (non-hydrogen) atoms. The van der Waals surface area contributed by atoms with Crippen LogP contribution in [0.2, 0.25) is 0 Å². The lowest BCUT2D eigenvalue weighted by atomic mass is 10.1. The topological polar surface area (TPSA) is 127 Å². The van der Waals surface area contributed by atoms with Gasteiger partial charge in [0, 0.05) is 13.0 Å². The fourth-order valence-electron chi connectivity index (χ4n) is 3.16. The van der Waals surface area contributed by atoms with Crippen molar-refractivity contribution in [3.8, 4) is 0 Å². The minimum atomic E-state index is -0.661. The Labute approximate surface area is 207 Å². The van der Waals surface area contributed by atoms with E-state index in [-0.39, 0.29) is 18.2 Å². The monoisotopic (exact) mass is 490 g/mol. The normalized spacial score (nSPS) is 10.1. The van der Waals surface area contributed by atoms with Gasteiger partial charge in [-0.3, -0.25) is 10.1 Å². The maximum absolute atomic E-state index is 12.8. The molecule has 1 heterocycles. The van der Waals surface area contributed by atoms with Gasteiger partial charge in [-0.05, 0) is 43.2 Å². The predicted octanol–water partition coefficient (Wildman–Crippen LogP) is 6.59. The van der Waals surface area contributed by atoms with E-state index >= 15 is 0 Å². The number of pyridine rings is 1. The first kappa shape index (κ1) is 29.7. The molecule has 0 unspecified atom stereocenters. The summed E-state index contributed by atoms with van der Waals surface area (Å²) in [4.78, 5) is 25.6. The summed E-state index contributed by atoms with van der Waals surface area (Å²) >= 11 is 0. The van der Waals surface area contributed by atoms with Gasteiger partial charge in [0.15, 0.2) is 0 Å². The highest BCUT2D eigenvalue weighted by Crippen LogP contribution is 2.19. The Kier molecular flexibility index (Phi) is 15.3. The summed E-state index contributed by atoms with van der Waals surface area (Å²) < 4.78 is 17.6. The fraction of sp³-hybridized carbons (Fsp3) is 0.500. The maximum atomic E-state index is 12.8. The van der Waals surface area contributed by atoms with Crippen LogP contribution in [0.25, 0.3) is 0 Å². The summed E-state index contributed by atoms with van der Waals surface area (Å²) in [6.45, 7) is 4.68. The van der Waals surface area contributed by atoms with Crippen LogP contribution in [0.1, 0.15) is 77.2 Å². The number of carbonyl (C=O) groups is 2. The van der Waals surface area contributed by atoms with Crippen molar-refractivity contribution in [3.05, 3.63) is 47.8 Å². The molecule has 1 aromatic carbocycles. The third kappa shape index (κ3) is 14.5. The minimum Gasteiger partial charge on any atom is -0.481 e. The smallest absolute Gasteiger partial charge is 0.411 e. The highest BCUT2D eigenvalue weighted by molar-refractivity contribution is 5.88. The van der Waals surface area contributed by atoms with Gasteiger partial charge in [0.1, 0.15) is 17.5 Å². The van der Waals surface area contributed by atoms with Crippen molar-refractivity contribution in [1.29, 1.82) is 0 Å². The van der Waals surface area contributed by atoms with Crippen molar-refractivity contribution in [1.82, 2.24) is 4.98 Å². The van der Waals surface area contributed by atoms with E-state index in [1.165, 1.54) is 50.7 Å². The van der Waals surface area contributed by atoms with Crippen LogP contribution in [-0.4, -0.2) is 28.8 Å². The number of nitrogens with one attached hydrogen (secondary N) is 2. The van der Waals surface area contributed by atoms with Crippen molar-refractivity contribution in [2.75, 3.05) is 23.0 Å². The molecule has 9 heteroatoms. The van der Waals surface area contributed by atoms with Crippen LogP contribution in [0.4, 0.5) is 26.5 Å². The molecule has 0 saturated heterocycles. The lowest BCUT2D eigenvalue weighted by Crippen LogP contribution is -2.15. The predicted molar refractivity (Wildman–Crippen MR) is 138 cm³/mol. The average molecular weight is 491 g/mol. The van der Waals surface area contributed by atoms with Crippen LogP contribution in [0.5, 0.6) is 0 Å². The molecule has 1 amide bonds. The number of anilines is 3. The Balaban J connectivity index is 0.000000405. The number of ether oxygens (including phenoxy) is 1. The van der Waals surface area contributed by atoms with Crippen molar-refractivity contribution < 1.29 is 23.8 Å². The first-order chi connectivity index (χ1) is 16.8. The summed E-state index contributed by atoms with van der Waals surface area (Å²) in [7, 11) is 0. The van der Waals surface area contributed by atoms with Crippen LogP contribution >= 0.6 is 0 Å². The second kappa shape index (κ2) is 18.0. The SMILES string of the molecule is CCCCCCCCCCC(=O)O.CCOC(=O)Nc1ccc(NCc2ccc(F)cc2)nc1N. The Morgan fingerprint density at radius 1 is 0.971 bits per heavy atom. The zero-order valence-electron chi connectivity index (χ0n) is 20.8. The number of carboxylic acid groups (broad SMARTS) is 1. The van der Waals surface area contributed by atoms with Gasteiger partial charge in [-0.2, -0.15) is 0 Å². The molecule has 0 fully saturated rings. The zero-order chi connectivity index (χ0) is 25.9. The molecule has 0 saturated carbocycles. The molecule has 2 aromatic rings. The summed E-state index contributed by atoms with van der Waals surface area (Å²) in [5.41, 5.74) is 7.08. The second-order valence-corrected chi connectivity index (χ2v) is 8.07. The van der Waals surface area contributed by atoms with E-state index in [4.69, 9.17) is 15.6 Å². The summed E-state index contributed by atoms with van der Waals surface area (Å²) in [6, 6.07) is 9.47. The van der Waals surface area contributed by atoms with E-state index in [2.05, 4.69) is 22.5 Å². The molecular formula is C26H39FN4O4. The van der Waals surface area contributed by atoms with Gasteiger partial charge in [-0.15, -0.1) is 0 Å². The number of nitrogen functional groups attached to an aromatic ring is 1. The number of carboxylic acids is 1. The van der Waals surface area contributed by atoms with Gasteiger partial charge in [0.25, 0.3) is 0 Å². The average Bonchev–Trinajstić information content (AvgIpc) is 2.82. The van der Waals surface area contributed by atoms with E-state index < -0.39 is 12.1 Å². The van der Waals surface area contributed by atoms with E-state index in [0.29, 0.717) is 24.5 Å². The molecule has 0 aliphatic carbocycles. The fourth-order valence-corrected chi connectivity index (χ4v) is 3.16. The van der Waals surface area contributed by atoms with Gasteiger partial charge in [0.05, 0.1) is 12.3 Å². The molecular weight excluding hydrogens is 451 g/mol. The number of nitrogens with two attached hydrogens (primary N) is 1. The second-order valence-electron chi connectivity index (χ2n) is 8.07. The summed E-state index contributed by atoms with van der Waals surface area (Å²) in [6.07, 6.45) is 9.47. The molecule has 0 aliphatic heterocycles. The number of nitrogens with zero attached hydrogens (tertiary/aromatic N) is 1. The number of rotatable bonds is 14. The summed E-state index contributed by atoms with van der Waals surface area (Å²) in [5.74, 6) is -0.208. The van der Waals surface area contributed by atoms with Crippen LogP contribution in [0.3, 0.4) is 0 Å². The molecule has 2 rings (SSSR count). The van der Waals surface area contributed by atoms with Crippen LogP contribution < -0.4 is 16.4 Å². The molecule has 8 nitrogen and oxygen atoms in total. The van der Waals surface area contributed by atoms with Crippen LogP contribution in [0, 0.1) is 5.82 Å². The molecule has 0 spiro atoms. The number of hydrogen-bond donors (Lipinski definition) is 4. The van der Waals surface area contributed by atoms with Crippen LogP contribution in [-0.2, 0) is 16.1 Å². The number of aliphatic carboxylic acids is 1. The lowest BCUT2D eigenvalue weighted by Gasteiger charge is -2.10. The minimum absolute atomic E-state index is 0.178. The highest BCUT2D eigenvalue weighted by atomic mass is 19.1. The highest BCUT2D eigenvalue weighted by Gasteiger charge is 2.07. The molecule has 0 radical (unpaired) electrons. The van der Waals surface area contributed by atoms with E-state index in [1.807, 2.05) is 0 Å².